The molecule has 2 saturated heterocycles. The van der Waals surface area contributed by atoms with Crippen molar-refractivity contribution in [1.29, 1.82) is 0 Å². The molecule has 3 N–H and O–H groups in total. The summed E-state index contributed by atoms with van der Waals surface area (Å²) in [7, 11) is 0. The van der Waals surface area contributed by atoms with E-state index in [1.165, 1.54) is 0 Å². The van der Waals surface area contributed by atoms with E-state index >= 15 is 0 Å². The minimum Gasteiger partial charge on any atom is -0.395 e. The van der Waals surface area contributed by atoms with E-state index in [2.05, 4.69) is 11.8 Å². The molecule has 0 bridgehead atoms. The quantitative estimate of drug-likeness (QED) is 0.489. The van der Waals surface area contributed by atoms with Gasteiger partial charge in [0.2, 0.25) is 0 Å². The summed E-state index contributed by atoms with van der Waals surface area (Å²) >= 11 is 0. The maximum atomic E-state index is 9.68. The number of aliphatic hydroxyl groups excluding tert-OH is 3. The van der Waals surface area contributed by atoms with Gasteiger partial charge in [-0.05, 0) is 19.8 Å². The van der Waals surface area contributed by atoms with Crippen LogP contribution in [-0.2, 0) is 0 Å². The highest BCUT2D eigenvalue weighted by molar-refractivity contribution is 5.05. The topological polar surface area (TPSA) is 63.9 Å². The zero-order chi connectivity index (χ0) is 9.59. The molecule has 2 rings (SSSR count). The maximum Gasteiger partial charge on any atom is 0.0991 e. The van der Waals surface area contributed by atoms with Crippen LogP contribution in [0.2, 0.25) is 0 Å². The van der Waals surface area contributed by atoms with Crippen molar-refractivity contribution in [2.24, 2.45) is 0 Å². The van der Waals surface area contributed by atoms with Crippen molar-refractivity contribution in [1.82, 2.24) is 4.90 Å². The van der Waals surface area contributed by atoms with Gasteiger partial charge in [-0.15, -0.1) is 0 Å². The highest BCUT2D eigenvalue weighted by Gasteiger charge is 2.51. The van der Waals surface area contributed by atoms with E-state index in [9.17, 15) is 10.2 Å². The van der Waals surface area contributed by atoms with Gasteiger partial charge in [-0.1, -0.05) is 0 Å². The minimum atomic E-state index is -0.780. The third-order valence-corrected chi connectivity index (χ3v) is 3.48. The standard InChI is InChI=1S/C9H17NO3/c1-5-2-3-6-8(12)9(13)7(4-11)10(5)6/h5-9,11-13H,2-4H2,1H3/t5-,6+,7-,8-,9+/m1/s1. The molecule has 0 aromatic carbocycles. The van der Waals surface area contributed by atoms with Crippen LogP contribution >= 0.6 is 0 Å². The predicted molar refractivity (Wildman–Crippen MR) is 47.2 cm³/mol. The van der Waals surface area contributed by atoms with Gasteiger partial charge < -0.3 is 15.3 Å². The van der Waals surface area contributed by atoms with Crippen LogP contribution in [0.25, 0.3) is 0 Å². The highest BCUT2D eigenvalue weighted by Crippen LogP contribution is 2.36. The van der Waals surface area contributed by atoms with Crippen LogP contribution in [0, 0.1) is 0 Å². The van der Waals surface area contributed by atoms with E-state index in [0.29, 0.717) is 6.04 Å². The smallest absolute Gasteiger partial charge is 0.0991 e. The molecule has 0 aromatic rings. The van der Waals surface area contributed by atoms with Gasteiger partial charge in [-0.25, -0.2) is 0 Å². The number of nitrogens with zero attached hydrogens (tertiary/aromatic N) is 1. The monoisotopic (exact) mass is 187 g/mol. The Labute approximate surface area is 77.8 Å². The van der Waals surface area contributed by atoms with Crippen LogP contribution in [0.1, 0.15) is 19.8 Å². The lowest BCUT2D eigenvalue weighted by Gasteiger charge is -2.27. The van der Waals surface area contributed by atoms with Gasteiger partial charge in [0.05, 0.1) is 24.9 Å². The van der Waals surface area contributed by atoms with E-state index < -0.39 is 12.2 Å². The van der Waals surface area contributed by atoms with Crippen LogP contribution in [0.3, 0.4) is 0 Å². The summed E-state index contributed by atoms with van der Waals surface area (Å²) in [5.74, 6) is 0. The summed E-state index contributed by atoms with van der Waals surface area (Å²) < 4.78 is 0. The number of rotatable bonds is 1. The first-order valence-electron chi connectivity index (χ1n) is 4.91. The SMILES string of the molecule is C[C@@H]1CC[C@H]2[C@@H](O)[C@@H](O)[C@@H](CO)N12. The largest absolute Gasteiger partial charge is 0.395 e. The van der Waals surface area contributed by atoms with Gasteiger partial charge in [0.1, 0.15) is 0 Å². The van der Waals surface area contributed by atoms with Crippen molar-refractivity contribution in [3.63, 3.8) is 0 Å². The van der Waals surface area contributed by atoms with Crippen LogP contribution in [0.4, 0.5) is 0 Å². The van der Waals surface area contributed by atoms with E-state index in [1.807, 2.05) is 0 Å². The van der Waals surface area contributed by atoms with Crippen molar-refractivity contribution in [3.8, 4) is 0 Å². The second-order valence-electron chi connectivity index (χ2n) is 4.17. The van der Waals surface area contributed by atoms with Crippen LogP contribution in [-0.4, -0.2) is 57.2 Å². The van der Waals surface area contributed by atoms with Crippen molar-refractivity contribution in [2.45, 2.75) is 50.1 Å². The Balaban J connectivity index is 2.20. The Morgan fingerprint density at radius 2 is 1.92 bits per heavy atom. The molecule has 5 atom stereocenters. The molecule has 0 radical (unpaired) electrons. The average molecular weight is 187 g/mol. The fourth-order valence-electron chi connectivity index (χ4n) is 2.79. The Hall–Kier alpha value is -0.160. The molecule has 0 aliphatic carbocycles. The molecule has 13 heavy (non-hydrogen) atoms. The first kappa shape index (κ1) is 9.40. The molecule has 0 unspecified atom stereocenters. The van der Waals surface area contributed by atoms with Gasteiger partial charge in [-0.2, -0.15) is 0 Å². The van der Waals surface area contributed by atoms with Crippen LogP contribution in [0.15, 0.2) is 0 Å². The van der Waals surface area contributed by atoms with Crippen molar-refractivity contribution >= 4 is 0 Å². The van der Waals surface area contributed by atoms with Crippen molar-refractivity contribution < 1.29 is 15.3 Å². The lowest BCUT2D eigenvalue weighted by molar-refractivity contribution is 0.0132. The summed E-state index contributed by atoms with van der Waals surface area (Å²) in [6.07, 6.45) is 0.515. The lowest BCUT2D eigenvalue weighted by Crippen LogP contribution is -2.42. The Morgan fingerprint density at radius 1 is 1.23 bits per heavy atom. The summed E-state index contributed by atoms with van der Waals surface area (Å²) in [5.41, 5.74) is 0. The molecule has 0 aromatic heterocycles. The Kier molecular flexibility index (Phi) is 2.32. The fourth-order valence-corrected chi connectivity index (χ4v) is 2.79. The molecule has 76 valence electrons. The third kappa shape index (κ3) is 1.21. The zero-order valence-corrected chi connectivity index (χ0v) is 7.80. The van der Waals surface area contributed by atoms with Crippen LogP contribution in [0.5, 0.6) is 0 Å². The Bertz CT molecular complexity index is 197. The normalized spacial score (nSPS) is 51.2. The molecular formula is C9H17NO3. The second kappa shape index (κ2) is 3.20. The van der Waals surface area contributed by atoms with Gasteiger partial charge in [0.15, 0.2) is 0 Å². The number of hydrogen-bond donors (Lipinski definition) is 3. The molecule has 0 saturated carbocycles. The second-order valence-corrected chi connectivity index (χ2v) is 4.17. The molecule has 4 nitrogen and oxygen atoms in total. The first-order chi connectivity index (χ1) is 6.16. The summed E-state index contributed by atoms with van der Waals surface area (Å²) in [4.78, 5) is 2.06. The number of fused-ring (bicyclic) bond motifs is 1. The van der Waals surface area contributed by atoms with Gasteiger partial charge in [-0.3, -0.25) is 4.90 Å². The van der Waals surface area contributed by atoms with E-state index in [-0.39, 0.29) is 18.7 Å². The van der Waals surface area contributed by atoms with E-state index in [4.69, 9.17) is 5.11 Å². The first-order valence-corrected chi connectivity index (χ1v) is 4.91. The van der Waals surface area contributed by atoms with E-state index in [1.54, 1.807) is 0 Å². The third-order valence-electron chi connectivity index (χ3n) is 3.48. The number of aliphatic hydroxyl groups is 3. The van der Waals surface area contributed by atoms with Crippen molar-refractivity contribution in [2.75, 3.05) is 6.61 Å². The summed E-state index contributed by atoms with van der Waals surface area (Å²) in [5, 5.41) is 28.4. The maximum absolute atomic E-state index is 9.68. The minimum absolute atomic E-state index is 0.0575. The molecule has 4 heteroatoms. The molecule has 2 heterocycles. The molecule has 2 aliphatic rings. The summed E-state index contributed by atoms with van der Waals surface area (Å²) in [6, 6.07) is 0.161. The molecule has 2 aliphatic heterocycles. The Morgan fingerprint density at radius 3 is 2.54 bits per heavy atom. The molecule has 0 amide bonds. The zero-order valence-electron chi connectivity index (χ0n) is 7.80. The average Bonchev–Trinajstić information content (AvgIpc) is 2.58. The van der Waals surface area contributed by atoms with Gasteiger partial charge in [0, 0.05) is 12.1 Å². The van der Waals surface area contributed by atoms with Crippen molar-refractivity contribution in [3.05, 3.63) is 0 Å². The molecule has 0 spiro atoms. The lowest BCUT2D eigenvalue weighted by atomic mass is 10.0. The molecular weight excluding hydrogens is 170 g/mol. The molecule has 2 fully saturated rings. The van der Waals surface area contributed by atoms with Gasteiger partial charge >= 0.3 is 0 Å². The predicted octanol–water partition coefficient (Wildman–Crippen LogP) is -1.06. The number of hydrogen-bond acceptors (Lipinski definition) is 4. The van der Waals surface area contributed by atoms with E-state index in [0.717, 1.165) is 12.8 Å². The van der Waals surface area contributed by atoms with Crippen LogP contribution < -0.4 is 0 Å². The summed E-state index contributed by atoms with van der Waals surface area (Å²) in [6.45, 7) is 2.01. The highest BCUT2D eigenvalue weighted by atomic mass is 16.3. The van der Waals surface area contributed by atoms with Gasteiger partial charge in [0.25, 0.3) is 0 Å². The fraction of sp³-hybridized carbons (Fsp3) is 1.00.